The van der Waals surface area contributed by atoms with Gasteiger partial charge in [0.25, 0.3) is 11.5 Å². The molecule has 2 N–H and O–H groups in total. The number of carbonyl (C=O) groups excluding carboxylic acids is 2. The minimum atomic E-state index is -0.594. The van der Waals surface area contributed by atoms with E-state index in [9.17, 15) is 19.5 Å². The third kappa shape index (κ3) is 4.24. The quantitative estimate of drug-likeness (QED) is 0.637. The van der Waals surface area contributed by atoms with Gasteiger partial charge in [-0.05, 0) is 38.7 Å². The van der Waals surface area contributed by atoms with Gasteiger partial charge in [0.1, 0.15) is 5.65 Å². The molecule has 0 unspecified atom stereocenters. The molecule has 0 bridgehead atoms. The Bertz CT molecular complexity index is 1040. The summed E-state index contributed by atoms with van der Waals surface area (Å²) in [6.07, 6.45) is 6.22. The van der Waals surface area contributed by atoms with Gasteiger partial charge in [0.15, 0.2) is 5.56 Å². The third-order valence-electron chi connectivity index (χ3n) is 5.08. The molecule has 0 aliphatic heterocycles. The summed E-state index contributed by atoms with van der Waals surface area (Å²) in [5.74, 6) is -1.13. The molecule has 162 valence electrons. The number of aromatic hydroxyl groups is 1. The lowest BCUT2D eigenvalue weighted by atomic mass is 10.2. The van der Waals surface area contributed by atoms with E-state index in [1.165, 1.54) is 21.4 Å². The minimum absolute atomic E-state index is 0.0488. The first-order chi connectivity index (χ1) is 14.3. The first-order valence-corrected chi connectivity index (χ1v) is 10.4. The fourth-order valence-corrected chi connectivity index (χ4v) is 3.35. The lowest BCUT2D eigenvalue weighted by Gasteiger charge is -2.16. The predicted molar refractivity (Wildman–Crippen MR) is 113 cm³/mol. The van der Waals surface area contributed by atoms with Gasteiger partial charge in [0.2, 0.25) is 11.8 Å². The van der Waals surface area contributed by atoms with Crippen LogP contribution in [0.2, 0.25) is 0 Å². The monoisotopic (exact) mass is 415 g/mol. The molecule has 1 aliphatic rings. The van der Waals surface area contributed by atoms with Crippen molar-refractivity contribution < 1.29 is 14.7 Å². The van der Waals surface area contributed by atoms with Crippen LogP contribution >= 0.6 is 0 Å². The first kappa shape index (κ1) is 21.6. The number of hydrogen-bond donors (Lipinski definition) is 2. The summed E-state index contributed by atoms with van der Waals surface area (Å²) in [6.45, 7) is 9.22. The number of nitrogens with one attached hydrogen (secondary N) is 1. The second kappa shape index (κ2) is 8.73. The Labute approximate surface area is 175 Å². The molecule has 0 radical (unpaired) electrons. The summed E-state index contributed by atoms with van der Waals surface area (Å²) in [5, 5.41) is 17.6. The summed E-state index contributed by atoms with van der Waals surface area (Å²) in [7, 11) is 0. The standard InChI is InChI=1S/C21H29N5O4/c1-5-24(6-2)16(27)10-7-14-11-22-26-19(14)25(12-13(3)4)20(29)17(21(26)30)18(28)23-15-8-9-15/h7,10-11,13,15,30H,5-6,8-9,12H2,1-4H3,(H,23,28)/b10-7+. The normalized spacial score (nSPS) is 14.0. The number of hydrogen-bond acceptors (Lipinski definition) is 5. The van der Waals surface area contributed by atoms with Crippen LogP contribution in [0.4, 0.5) is 0 Å². The Morgan fingerprint density at radius 1 is 1.33 bits per heavy atom. The average Bonchev–Trinajstić information content (AvgIpc) is 3.40. The van der Waals surface area contributed by atoms with Crippen molar-refractivity contribution in [3.8, 4) is 5.88 Å². The van der Waals surface area contributed by atoms with Crippen molar-refractivity contribution >= 4 is 23.5 Å². The van der Waals surface area contributed by atoms with E-state index in [0.717, 1.165) is 12.8 Å². The maximum absolute atomic E-state index is 13.2. The highest BCUT2D eigenvalue weighted by atomic mass is 16.3. The molecule has 2 aromatic rings. The van der Waals surface area contributed by atoms with Gasteiger partial charge in [-0.15, -0.1) is 0 Å². The Hall–Kier alpha value is -3.10. The summed E-state index contributed by atoms with van der Waals surface area (Å²) in [5.41, 5.74) is -0.0274. The fraction of sp³-hybridized carbons (Fsp3) is 0.524. The Morgan fingerprint density at radius 3 is 2.57 bits per heavy atom. The number of nitrogens with zero attached hydrogens (tertiary/aromatic N) is 4. The minimum Gasteiger partial charge on any atom is -0.492 e. The number of amides is 2. The molecule has 9 nitrogen and oxygen atoms in total. The summed E-state index contributed by atoms with van der Waals surface area (Å²) >= 11 is 0. The van der Waals surface area contributed by atoms with E-state index in [1.807, 2.05) is 27.7 Å². The van der Waals surface area contributed by atoms with Crippen molar-refractivity contribution in [1.82, 2.24) is 24.4 Å². The van der Waals surface area contributed by atoms with Gasteiger partial charge < -0.3 is 15.3 Å². The van der Waals surface area contributed by atoms with Crippen LogP contribution in [-0.4, -0.2) is 55.1 Å². The number of rotatable bonds is 8. The molecule has 0 atom stereocenters. The van der Waals surface area contributed by atoms with E-state index >= 15 is 0 Å². The Balaban J connectivity index is 2.12. The lowest BCUT2D eigenvalue weighted by Crippen LogP contribution is -2.36. The smallest absolute Gasteiger partial charge is 0.270 e. The van der Waals surface area contributed by atoms with E-state index in [-0.39, 0.29) is 23.4 Å². The van der Waals surface area contributed by atoms with Crippen molar-refractivity contribution in [3.63, 3.8) is 0 Å². The molecule has 1 saturated carbocycles. The van der Waals surface area contributed by atoms with Gasteiger partial charge in [-0.1, -0.05) is 13.8 Å². The third-order valence-corrected chi connectivity index (χ3v) is 5.08. The summed E-state index contributed by atoms with van der Waals surface area (Å²) in [6, 6.07) is 0.0488. The molecule has 1 fully saturated rings. The van der Waals surface area contributed by atoms with Crippen molar-refractivity contribution in [1.29, 1.82) is 0 Å². The first-order valence-electron chi connectivity index (χ1n) is 10.4. The van der Waals surface area contributed by atoms with Gasteiger partial charge in [0.05, 0.1) is 6.20 Å². The van der Waals surface area contributed by atoms with Crippen LogP contribution in [0, 0.1) is 5.92 Å². The Kier molecular flexibility index (Phi) is 6.28. The molecule has 1 aliphatic carbocycles. The van der Waals surface area contributed by atoms with E-state index in [2.05, 4.69) is 10.4 Å². The molecule has 30 heavy (non-hydrogen) atoms. The largest absolute Gasteiger partial charge is 0.492 e. The van der Waals surface area contributed by atoms with Crippen LogP contribution in [0.15, 0.2) is 17.1 Å². The highest BCUT2D eigenvalue weighted by Gasteiger charge is 2.29. The molecule has 0 aromatic carbocycles. The average molecular weight is 415 g/mol. The Morgan fingerprint density at radius 2 is 2.00 bits per heavy atom. The number of aromatic nitrogens is 3. The highest BCUT2D eigenvalue weighted by Crippen LogP contribution is 2.23. The topological polar surface area (TPSA) is 109 Å². The lowest BCUT2D eigenvalue weighted by molar-refractivity contribution is -0.125. The number of fused-ring (bicyclic) bond motifs is 1. The molecule has 0 spiro atoms. The highest BCUT2D eigenvalue weighted by molar-refractivity contribution is 5.97. The zero-order valence-electron chi connectivity index (χ0n) is 17.9. The molecular formula is C21H29N5O4. The maximum atomic E-state index is 13.2. The van der Waals surface area contributed by atoms with Crippen molar-refractivity contribution in [2.75, 3.05) is 13.1 Å². The van der Waals surface area contributed by atoms with Crippen LogP contribution in [-0.2, 0) is 11.3 Å². The number of likely N-dealkylation sites (N-methyl/N-ethyl adjacent to an activating group) is 1. The fourth-order valence-electron chi connectivity index (χ4n) is 3.35. The summed E-state index contributed by atoms with van der Waals surface area (Å²) in [4.78, 5) is 39.8. The van der Waals surface area contributed by atoms with Gasteiger partial charge >= 0.3 is 0 Å². The zero-order valence-corrected chi connectivity index (χ0v) is 17.9. The second-order valence-electron chi connectivity index (χ2n) is 7.94. The van der Waals surface area contributed by atoms with E-state index in [0.29, 0.717) is 30.8 Å². The van der Waals surface area contributed by atoms with E-state index in [1.54, 1.807) is 11.0 Å². The number of carbonyl (C=O) groups is 2. The van der Waals surface area contributed by atoms with Crippen LogP contribution in [0.1, 0.15) is 56.5 Å². The second-order valence-corrected chi connectivity index (χ2v) is 7.94. The van der Waals surface area contributed by atoms with Crippen molar-refractivity contribution in [3.05, 3.63) is 33.8 Å². The predicted octanol–water partition coefficient (Wildman–Crippen LogP) is 1.63. The van der Waals surface area contributed by atoms with E-state index < -0.39 is 17.3 Å². The summed E-state index contributed by atoms with van der Waals surface area (Å²) < 4.78 is 2.63. The van der Waals surface area contributed by atoms with Crippen LogP contribution in [0.25, 0.3) is 11.7 Å². The molecule has 2 heterocycles. The maximum Gasteiger partial charge on any atom is 0.270 e. The van der Waals surface area contributed by atoms with Crippen LogP contribution < -0.4 is 10.9 Å². The van der Waals surface area contributed by atoms with Gasteiger partial charge in [-0.3, -0.25) is 19.0 Å². The van der Waals surface area contributed by atoms with Crippen molar-refractivity contribution in [2.45, 2.75) is 53.1 Å². The molecule has 9 heteroatoms. The SMILES string of the molecule is CCN(CC)C(=O)/C=C/c1cnn2c(O)c(C(=O)NC3CC3)c(=O)n(CC(C)C)c12. The van der Waals surface area contributed by atoms with Crippen LogP contribution in [0.5, 0.6) is 5.88 Å². The van der Waals surface area contributed by atoms with Crippen LogP contribution in [0.3, 0.4) is 0 Å². The molecule has 0 saturated heterocycles. The molecule has 2 amide bonds. The molecular weight excluding hydrogens is 386 g/mol. The molecule has 3 rings (SSSR count). The van der Waals surface area contributed by atoms with E-state index in [4.69, 9.17) is 0 Å². The van der Waals surface area contributed by atoms with Gasteiger partial charge in [-0.2, -0.15) is 9.61 Å². The van der Waals surface area contributed by atoms with Gasteiger partial charge in [-0.25, -0.2) is 0 Å². The van der Waals surface area contributed by atoms with Crippen molar-refractivity contribution in [2.24, 2.45) is 5.92 Å². The molecule has 2 aromatic heterocycles. The zero-order chi connectivity index (χ0) is 22.0. The van der Waals surface area contributed by atoms with Gasteiger partial charge in [0, 0.05) is 37.3 Å².